The summed E-state index contributed by atoms with van der Waals surface area (Å²) >= 11 is 6.16. The Balaban J connectivity index is 1.72. The highest BCUT2D eigenvalue weighted by Gasteiger charge is 2.50. The Morgan fingerprint density at radius 1 is 1.47 bits per heavy atom. The standard InChI is InChI=1S/C12H20ClNO/c1-12(2)6-9(12)11(15)14-7-8-4-3-5-10(8)13/h8-10H,3-7H2,1-2H3,(H,14,15). The highest BCUT2D eigenvalue weighted by molar-refractivity contribution is 6.21. The third kappa shape index (κ3) is 2.47. The van der Waals surface area contributed by atoms with E-state index in [-0.39, 0.29) is 22.6 Å². The van der Waals surface area contributed by atoms with Crippen molar-refractivity contribution in [2.24, 2.45) is 17.3 Å². The maximum atomic E-state index is 11.7. The van der Waals surface area contributed by atoms with Crippen LogP contribution in [0.15, 0.2) is 0 Å². The second-order valence-corrected chi connectivity index (χ2v) is 6.26. The molecule has 2 aliphatic rings. The van der Waals surface area contributed by atoms with E-state index in [0.29, 0.717) is 5.92 Å². The average Bonchev–Trinajstić information content (AvgIpc) is 2.61. The van der Waals surface area contributed by atoms with Gasteiger partial charge in [-0.1, -0.05) is 20.3 Å². The molecule has 0 radical (unpaired) electrons. The molecule has 0 aromatic carbocycles. The second-order valence-electron chi connectivity index (χ2n) is 5.70. The zero-order valence-electron chi connectivity index (χ0n) is 9.55. The molecule has 2 fully saturated rings. The summed E-state index contributed by atoms with van der Waals surface area (Å²) in [5, 5.41) is 3.32. The summed E-state index contributed by atoms with van der Waals surface area (Å²) in [6.07, 6.45) is 4.52. The van der Waals surface area contributed by atoms with E-state index >= 15 is 0 Å². The van der Waals surface area contributed by atoms with Crippen LogP contribution >= 0.6 is 11.6 Å². The molecule has 0 spiro atoms. The third-order valence-electron chi connectivity index (χ3n) is 3.93. The number of hydrogen-bond donors (Lipinski definition) is 1. The Bertz CT molecular complexity index is 264. The van der Waals surface area contributed by atoms with Crippen LogP contribution in [0.4, 0.5) is 0 Å². The van der Waals surface area contributed by atoms with Gasteiger partial charge in [0.05, 0.1) is 0 Å². The molecule has 3 unspecified atom stereocenters. The van der Waals surface area contributed by atoms with Gasteiger partial charge in [-0.05, 0) is 30.6 Å². The minimum atomic E-state index is 0.232. The average molecular weight is 230 g/mol. The smallest absolute Gasteiger partial charge is 0.223 e. The summed E-state index contributed by atoms with van der Waals surface area (Å²) < 4.78 is 0. The lowest BCUT2D eigenvalue weighted by Crippen LogP contribution is -2.33. The quantitative estimate of drug-likeness (QED) is 0.741. The van der Waals surface area contributed by atoms with Crippen molar-refractivity contribution in [2.45, 2.75) is 44.9 Å². The van der Waals surface area contributed by atoms with E-state index in [4.69, 9.17) is 11.6 Å². The molecule has 0 aromatic rings. The SMILES string of the molecule is CC1(C)CC1C(=O)NCC1CCCC1Cl. The van der Waals surface area contributed by atoms with Crippen LogP contribution in [0.2, 0.25) is 0 Å². The lowest BCUT2D eigenvalue weighted by molar-refractivity contribution is -0.123. The van der Waals surface area contributed by atoms with E-state index in [1.165, 1.54) is 12.8 Å². The number of rotatable bonds is 3. The lowest BCUT2D eigenvalue weighted by atomic mass is 10.1. The summed E-state index contributed by atoms with van der Waals surface area (Å²) in [4.78, 5) is 11.7. The first-order valence-corrected chi connectivity index (χ1v) is 6.36. The van der Waals surface area contributed by atoms with Gasteiger partial charge in [0.1, 0.15) is 0 Å². The molecule has 86 valence electrons. The van der Waals surface area contributed by atoms with Crippen LogP contribution in [0.5, 0.6) is 0 Å². The molecule has 0 bridgehead atoms. The molecule has 1 N–H and O–H groups in total. The fourth-order valence-corrected chi connectivity index (χ4v) is 2.86. The maximum Gasteiger partial charge on any atom is 0.223 e. The predicted octanol–water partition coefficient (Wildman–Crippen LogP) is 2.56. The van der Waals surface area contributed by atoms with Crippen molar-refractivity contribution in [3.05, 3.63) is 0 Å². The normalized spacial score (nSPS) is 37.7. The van der Waals surface area contributed by atoms with Crippen molar-refractivity contribution in [2.75, 3.05) is 6.54 Å². The molecule has 2 rings (SSSR count). The zero-order valence-corrected chi connectivity index (χ0v) is 10.3. The van der Waals surface area contributed by atoms with E-state index in [9.17, 15) is 4.79 Å². The van der Waals surface area contributed by atoms with E-state index in [0.717, 1.165) is 19.4 Å². The molecule has 3 atom stereocenters. The monoisotopic (exact) mass is 229 g/mol. The van der Waals surface area contributed by atoms with Crippen LogP contribution in [0.1, 0.15) is 39.5 Å². The van der Waals surface area contributed by atoms with Crippen molar-refractivity contribution in [3.63, 3.8) is 0 Å². The van der Waals surface area contributed by atoms with Gasteiger partial charge >= 0.3 is 0 Å². The molecular weight excluding hydrogens is 210 g/mol. The van der Waals surface area contributed by atoms with Crippen molar-refractivity contribution in [1.29, 1.82) is 0 Å². The molecule has 1 amide bonds. The van der Waals surface area contributed by atoms with Crippen LogP contribution in [0.3, 0.4) is 0 Å². The Kier molecular flexibility index (Phi) is 2.98. The summed E-state index contributed by atoms with van der Waals surface area (Å²) in [6, 6.07) is 0. The number of carbonyl (C=O) groups excluding carboxylic acids is 1. The van der Waals surface area contributed by atoms with Crippen LogP contribution < -0.4 is 5.32 Å². The number of nitrogens with one attached hydrogen (secondary N) is 1. The number of halogens is 1. The van der Waals surface area contributed by atoms with Gasteiger partial charge in [0.15, 0.2) is 0 Å². The van der Waals surface area contributed by atoms with Crippen LogP contribution in [0, 0.1) is 17.3 Å². The molecule has 2 nitrogen and oxygen atoms in total. The molecule has 0 aromatic heterocycles. The molecular formula is C12H20ClNO. The first-order valence-electron chi connectivity index (χ1n) is 5.92. The van der Waals surface area contributed by atoms with Crippen molar-refractivity contribution >= 4 is 17.5 Å². The first kappa shape index (κ1) is 11.3. The van der Waals surface area contributed by atoms with Gasteiger partial charge in [-0.15, -0.1) is 11.6 Å². The molecule has 2 aliphatic carbocycles. The topological polar surface area (TPSA) is 29.1 Å². The Morgan fingerprint density at radius 2 is 2.13 bits per heavy atom. The van der Waals surface area contributed by atoms with Crippen molar-refractivity contribution in [3.8, 4) is 0 Å². The Labute approximate surface area is 96.8 Å². The number of amides is 1. The van der Waals surface area contributed by atoms with E-state index < -0.39 is 0 Å². The van der Waals surface area contributed by atoms with Gasteiger partial charge in [0, 0.05) is 17.8 Å². The molecule has 15 heavy (non-hydrogen) atoms. The van der Waals surface area contributed by atoms with E-state index in [2.05, 4.69) is 19.2 Å². The van der Waals surface area contributed by atoms with Crippen LogP contribution in [0.25, 0.3) is 0 Å². The maximum absolute atomic E-state index is 11.7. The largest absolute Gasteiger partial charge is 0.356 e. The lowest BCUT2D eigenvalue weighted by Gasteiger charge is -2.14. The molecule has 0 saturated heterocycles. The van der Waals surface area contributed by atoms with Gasteiger partial charge in [-0.2, -0.15) is 0 Å². The van der Waals surface area contributed by atoms with Crippen molar-refractivity contribution < 1.29 is 4.79 Å². The highest BCUT2D eigenvalue weighted by Crippen LogP contribution is 2.51. The van der Waals surface area contributed by atoms with Crippen molar-refractivity contribution in [1.82, 2.24) is 5.32 Å². The molecule has 3 heteroatoms. The fraction of sp³-hybridized carbons (Fsp3) is 0.917. The van der Waals surface area contributed by atoms with Gasteiger partial charge in [-0.25, -0.2) is 0 Å². The minimum Gasteiger partial charge on any atom is -0.356 e. The zero-order chi connectivity index (χ0) is 11.1. The van der Waals surface area contributed by atoms with Gasteiger partial charge in [0.25, 0.3) is 0 Å². The van der Waals surface area contributed by atoms with Crippen LogP contribution in [-0.2, 0) is 4.79 Å². The van der Waals surface area contributed by atoms with Gasteiger partial charge < -0.3 is 5.32 Å². The highest BCUT2D eigenvalue weighted by atomic mass is 35.5. The first-order chi connectivity index (χ1) is 7.00. The number of hydrogen-bond acceptors (Lipinski definition) is 1. The third-order valence-corrected chi connectivity index (χ3v) is 4.51. The summed E-state index contributed by atoms with van der Waals surface area (Å²) in [5.74, 6) is 0.973. The van der Waals surface area contributed by atoms with Gasteiger partial charge in [-0.3, -0.25) is 4.79 Å². The minimum absolute atomic E-state index is 0.232. The number of alkyl halides is 1. The molecule has 2 saturated carbocycles. The Hall–Kier alpha value is -0.240. The van der Waals surface area contributed by atoms with Crippen LogP contribution in [-0.4, -0.2) is 17.8 Å². The van der Waals surface area contributed by atoms with E-state index in [1.807, 2.05) is 0 Å². The summed E-state index contributed by atoms with van der Waals surface area (Å²) in [6.45, 7) is 5.08. The molecule has 0 aliphatic heterocycles. The number of carbonyl (C=O) groups is 1. The summed E-state index contributed by atoms with van der Waals surface area (Å²) in [5.41, 5.74) is 0.236. The predicted molar refractivity (Wildman–Crippen MR) is 61.9 cm³/mol. The Morgan fingerprint density at radius 3 is 2.60 bits per heavy atom. The van der Waals surface area contributed by atoms with E-state index in [1.54, 1.807) is 0 Å². The second kappa shape index (κ2) is 3.97. The van der Waals surface area contributed by atoms with Gasteiger partial charge in [0.2, 0.25) is 5.91 Å². The fourth-order valence-electron chi connectivity index (χ4n) is 2.49. The molecule has 0 heterocycles. The summed E-state index contributed by atoms with van der Waals surface area (Å²) in [7, 11) is 0.